The van der Waals surface area contributed by atoms with Crippen molar-refractivity contribution in [2.45, 2.75) is 19.4 Å². The number of rotatable bonds is 7. The standard InChI is InChI=1S/C22H18N2O4S2/c25-21-20(30-22(29)23(21)13-12-15-4-2-1-3-5-15)14-18-10-11-19(28-18)16-6-8-17(9-7-16)24(26)27/h1-11,25H,12-14H2. The highest BCUT2D eigenvalue weighted by Gasteiger charge is 2.15. The number of benzene rings is 2. The van der Waals surface area contributed by atoms with Crippen molar-refractivity contribution in [2.24, 2.45) is 0 Å². The molecule has 1 N–H and O–H groups in total. The molecule has 6 nitrogen and oxygen atoms in total. The largest absolute Gasteiger partial charge is 0.494 e. The van der Waals surface area contributed by atoms with Gasteiger partial charge < -0.3 is 9.52 Å². The van der Waals surface area contributed by atoms with E-state index in [0.717, 1.165) is 16.9 Å². The third kappa shape index (κ3) is 4.34. The second-order valence-electron chi connectivity index (χ2n) is 6.75. The predicted molar refractivity (Wildman–Crippen MR) is 119 cm³/mol. The summed E-state index contributed by atoms with van der Waals surface area (Å²) in [6, 6.07) is 19.9. The summed E-state index contributed by atoms with van der Waals surface area (Å²) in [6.45, 7) is 0.609. The van der Waals surface area contributed by atoms with Crippen LogP contribution in [0.1, 0.15) is 16.2 Å². The fourth-order valence-electron chi connectivity index (χ4n) is 3.17. The Morgan fingerprint density at radius 3 is 2.50 bits per heavy atom. The van der Waals surface area contributed by atoms with Crippen LogP contribution in [0, 0.1) is 14.1 Å². The second-order valence-corrected chi connectivity index (χ2v) is 8.48. The first-order valence-electron chi connectivity index (χ1n) is 9.30. The van der Waals surface area contributed by atoms with E-state index in [1.807, 2.05) is 30.3 Å². The molecule has 0 saturated heterocycles. The molecule has 0 fully saturated rings. The van der Waals surface area contributed by atoms with Gasteiger partial charge in [-0.1, -0.05) is 30.3 Å². The third-order valence-corrected chi connectivity index (χ3v) is 6.20. The predicted octanol–water partition coefficient (Wildman–Crippen LogP) is 5.99. The summed E-state index contributed by atoms with van der Waals surface area (Å²) in [7, 11) is 0. The van der Waals surface area contributed by atoms with Crippen LogP contribution < -0.4 is 0 Å². The van der Waals surface area contributed by atoms with Crippen molar-refractivity contribution in [1.82, 2.24) is 4.57 Å². The van der Waals surface area contributed by atoms with E-state index in [0.29, 0.717) is 28.4 Å². The van der Waals surface area contributed by atoms with Crippen LogP contribution in [-0.2, 0) is 19.4 Å². The van der Waals surface area contributed by atoms with E-state index in [4.69, 9.17) is 16.6 Å². The van der Waals surface area contributed by atoms with Gasteiger partial charge in [0.15, 0.2) is 3.95 Å². The molecule has 0 unspecified atom stereocenters. The Morgan fingerprint density at radius 2 is 1.80 bits per heavy atom. The van der Waals surface area contributed by atoms with Gasteiger partial charge in [0.2, 0.25) is 5.88 Å². The molecular weight excluding hydrogens is 420 g/mol. The Kier molecular flexibility index (Phi) is 5.78. The molecule has 0 atom stereocenters. The van der Waals surface area contributed by atoms with Crippen molar-refractivity contribution >= 4 is 29.2 Å². The number of aromatic hydroxyl groups is 1. The monoisotopic (exact) mass is 438 g/mol. The van der Waals surface area contributed by atoms with Gasteiger partial charge in [0.05, 0.1) is 9.80 Å². The molecule has 0 aliphatic rings. The lowest BCUT2D eigenvalue weighted by molar-refractivity contribution is -0.384. The zero-order chi connectivity index (χ0) is 21.1. The molecule has 2 aromatic heterocycles. The van der Waals surface area contributed by atoms with Crippen LogP contribution in [0.25, 0.3) is 11.3 Å². The molecule has 30 heavy (non-hydrogen) atoms. The van der Waals surface area contributed by atoms with Gasteiger partial charge >= 0.3 is 0 Å². The fourth-order valence-corrected chi connectivity index (χ4v) is 4.57. The van der Waals surface area contributed by atoms with Gasteiger partial charge in [-0.3, -0.25) is 14.7 Å². The van der Waals surface area contributed by atoms with Gasteiger partial charge in [0.25, 0.3) is 5.69 Å². The van der Waals surface area contributed by atoms with E-state index in [2.05, 4.69) is 12.1 Å². The van der Waals surface area contributed by atoms with Gasteiger partial charge in [-0.25, -0.2) is 0 Å². The molecule has 0 aliphatic carbocycles. The minimum Gasteiger partial charge on any atom is -0.494 e. The van der Waals surface area contributed by atoms with Crippen LogP contribution in [0.4, 0.5) is 5.69 Å². The van der Waals surface area contributed by atoms with Crippen LogP contribution >= 0.6 is 23.6 Å². The Labute approximate surface area is 181 Å². The minimum absolute atomic E-state index is 0.0343. The summed E-state index contributed by atoms with van der Waals surface area (Å²) in [6.07, 6.45) is 1.20. The van der Waals surface area contributed by atoms with E-state index in [1.54, 1.807) is 16.7 Å². The summed E-state index contributed by atoms with van der Waals surface area (Å²) < 4.78 is 8.27. The molecule has 0 radical (unpaired) electrons. The number of hydrogen-bond acceptors (Lipinski definition) is 6. The van der Waals surface area contributed by atoms with Crippen molar-refractivity contribution in [1.29, 1.82) is 0 Å². The number of furan rings is 1. The van der Waals surface area contributed by atoms with Crippen molar-refractivity contribution < 1.29 is 14.4 Å². The van der Waals surface area contributed by atoms with Crippen LogP contribution in [-0.4, -0.2) is 14.6 Å². The summed E-state index contributed by atoms with van der Waals surface area (Å²) in [4.78, 5) is 11.1. The first-order chi connectivity index (χ1) is 14.5. The summed E-state index contributed by atoms with van der Waals surface area (Å²) in [5.74, 6) is 1.48. The maximum absolute atomic E-state index is 10.8. The molecule has 0 spiro atoms. The van der Waals surface area contributed by atoms with Gasteiger partial charge in [0.1, 0.15) is 11.5 Å². The number of aromatic nitrogens is 1. The third-order valence-electron chi connectivity index (χ3n) is 4.76. The van der Waals surface area contributed by atoms with E-state index >= 15 is 0 Å². The highest BCUT2D eigenvalue weighted by Crippen LogP contribution is 2.31. The zero-order valence-corrected chi connectivity index (χ0v) is 17.5. The van der Waals surface area contributed by atoms with Crippen LogP contribution in [0.5, 0.6) is 5.88 Å². The van der Waals surface area contributed by atoms with Crippen LogP contribution in [0.2, 0.25) is 0 Å². The van der Waals surface area contributed by atoms with Gasteiger partial charge in [-0.15, -0.1) is 11.3 Å². The van der Waals surface area contributed by atoms with E-state index in [1.165, 1.54) is 29.0 Å². The number of hydrogen-bond donors (Lipinski definition) is 1. The quantitative estimate of drug-likeness (QED) is 0.218. The first kappa shape index (κ1) is 20.1. The number of thiazole rings is 1. The lowest BCUT2D eigenvalue weighted by Crippen LogP contribution is -2.01. The Morgan fingerprint density at radius 1 is 1.07 bits per heavy atom. The number of aryl methyl sites for hydroxylation is 1. The zero-order valence-electron chi connectivity index (χ0n) is 15.9. The van der Waals surface area contributed by atoms with Crippen LogP contribution in [0.3, 0.4) is 0 Å². The molecular formula is C22H18N2O4S2. The second kappa shape index (κ2) is 8.64. The molecule has 0 amide bonds. The molecule has 0 aliphatic heterocycles. The van der Waals surface area contributed by atoms with Crippen molar-refractivity contribution in [3.63, 3.8) is 0 Å². The highest BCUT2D eigenvalue weighted by molar-refractivity contribution is 7.73. The molecule has 4 rings (SSSR count). The van der Waals surface area contributed by atoms with E-state index in [9.17, 15) is 15.2 Å². The van der Waals surface area contributed by atoms with E-state index < -0.39 is 4.92 Å². The number of non-ortho nitro benzene ring substituents is 1. The van der Waals surface area contributed by atoms with Crippen molar-refractivity contribution in [3.8, 4) is 17.2 Å². The smallest absolute Gasteiger partial charge is 0.269 e. The Hall–Kier alpha value is -3.23. The first-order valence-corrected chi connectivity index (χ1v) is 10.5. The SMILES string of the molecule is O=[N+]([O-])c1ccc(-c2ccc(Cc3sc(=S)n(CCc4ccccc4)c3O)o2)cc1. The number of nitrogens with zero attached hydrogens (tertiary/aromatic N) is 2. The molecule has 2 heterocycles. The maximum Gasteiger partial charge on any atom is 0.269 e. The van der Waals surface area contributed by atoms with E-state index in [-0.39, 0.29) is 11.6 Å². The molecule has 4 aromatic rings. The lowest BCUT2D eigenvalue weighted by Gasteiger charge is -2.05. The van der Waals surface area contributed by atoms with Crippen LogP contribution in [0.15, 0.2) is 71.1 Å². The lowest BCUT2D eigenvalue weighted by atomic mass is 10.1. The number of nitro benzene ring substituents is 1. The molecule has 0 saturated carbocycles. The van der Waals surface area contributed by atoms with Gasteiger partial charge in [-0.05, 0) is 48.5 Å². The topological polar surface area (TPSA) is 81.4 Å². The minimum atomic E-state index is -0.434. The average molecular weight is 439 g/mol. The van der Waals surface area contributed by atoms with Crippen molar-refractivity contribution in [2.75, 3.05) is 0 Å². The van der Waals surface area contributed by atoms with Crippen molar-refractivity contribution in [3.05, 3.63) is 97.0 Å². The Bertz CT molecular complexity index is 1220. The number of nitro groups is 1. The average Bonchev–Trinajstić information content (AvgIpc) is 3.32. The molecule has 8 heteroatoms. The summed E-state index contributed by atoms with van der Waals surface area (Å²) in [5.41, 5.74) is 1.97. The maximum atomic E-state index is 10.8. The summed E-state index contributed by atoms with van der Waals surface area (Å²) in [5, 5.41) is 21.5. The normalized spacial score (nSPS) is 10.9. The highest BCUT2D eigenvalue weighted by atomic mass is 32.1. The molecule has 0 bridgehead atoms. The molecule has 2 aromatic carbocycles. The fraction of sp³-hybridized carbons (Fsp3) is 0.136. The van der Waals surface area contributed by atoms with Gasteiger partial charge in [0, 0.05) is 30.7 Å². The molecule has 152 valence electrons. The van der Waals surface area contributed by atoms with Gasteiger partial charge in [-0.2, -0.15) is 0 Å². The Balaban J connectivity index is 1.48. The summed E-state index contributed by atoms with van der Waals surface area (Å²) >= 11 is 6.82.